The maximum absolute atomic E-state index is 12.4. The molecule has 2 heterocycles. The highest BCUT2D eigenvalue weighted by Gasteiger charge is 2.31. The minimum absolute atomic E-state index is 0.183. The number of amides is 1. The third-order valence-corrected chi connectivity index (χ3v) is 4.38. The summed E-state index contributed by atoms with van der Waals surface area (Å²) in [5, 5.41) is 5.44. The fourth-order valence-corrected chi connectivity index (χ4v) is 2.95. The third kappa shape index (κ3) is 5.35. The Bertz CT molecular complexity index is 1330. The lowest BCUT2D eigenvalue weighted by Gasteiger charge is -2.12. The van der Waals surface area contributed by atoms with Gasteiger partial charge in [0, 0.05) is 31.1 Å². The SMILES string of the molecule is [B]c1cc(Nc2nc3ccc(Oc4ccnc(C(=O)NC)c4)cc3[nH]2)ccc1OC(F)(F)F. The number of benzene rings is 2. The van der Waals surface area contributed by atoms with Gasteiger partial charge in [0.15, 0.2) is 0 Å². The molecule has 0 bridgehead atoms. The summed E-state index contributed by atoms with van der Waals surface area (Å²) in [6, 6.07) is 12.1. The van der Waals surface area contributed by atoms with Gasteiger partial charge < -0.3 is 25.1 Å². The smallest absolute Gasteiger partial charge is 0.457 e. The van der Waals surface area contributed by atoms with Crippen molar-refractivity contribution >= 4 is 41.9 Å². The van der Waals surface area contributed by atoms with Crippen LogP contribution < -0.4 is 25.6 Å². The topological polar surface area (TPSA) is 101 Å². The number of alkyl halides is 3. The predicted octanol–water partition coefficient (Wildman–Crippen LogP) is 3.55. The largest absolute Gasteiger partial charge is 0.573 e. The van der Waals surface area contributed by atoms with Crippen molar-refractivity contribution in [3.63, 3.8) is 0 Å². The van der Waals surface area contributed by atoms with Crippen LogP contribution in [0.2, 0.25) is 0 Å². The molecular formula is C21H15BF3N5O3. The number of anilines is 2. The first-order valence-corrected chi connectivity index (χ1v) is 9.48. The van der Waals surface area contributed by atoms with Crippen LogP contribution in [0.15, 0.2) is 54.7 Å². The molecule has 12 heteroatoms. The van der Waals surface area contributed by atoms with Crippen molar-refractivity contribution in [1.29, 1.82) is 0 Å². The van der Waals surface area contributed by atoms with Crippen LogP contribution in [0.5, 0.6) is 17.2 Å². The maximum Gasteiger partial charge on any atom is 0.573 e. The lowest BCUT2D eigenvalue weighted by atomic mass is 9.94. The molecule has 1 amide bonds. The van der Waals surface area contributed by atoms with E-state index in [1.54, 1.807) is 24.3 Å². The van der Waals surface area contributed by atoms with E-state index in [0.29, 0.717) is 34.2 Å². The van der Waals surface area contributed by atoms with Gasteiger partial charge in [-0.05, 0) is 36.4 Å². The van der Waals surface area contributed by atoms with Gasteiger partial charge in [-0.3, -0.25) is 9.78 Å². The highest BCUT2D eigenvalue weighted by molar-refractivity contribution is 6.34. The molecule has 0 saturated carbocycles. The van der Waals surface area contributed by atoms with Crippen LogP contribution in [0.25, 0.3) is 11.0 Å². The van der Waals surface area contributed by atoms with Crippen molar-refractivity contribution in [1.82, 2.24) is 20.3 Å². The average Bonchev–Trinajstić information content (AvgIpc) is 3.16. The molecule has 0 aliphatic carbocycles. The summed E-state index contributed by atoms with van der Waals surface area (Å²) in [6.45, 7) is 0. The van der Waals surface area contributed by atoms with E-state index >= 15 is 0 Å². The van der Waals surface area contributed by atoms with Gasteiger partial charge in [-0.25, -0.2) is 4.98 Å². The Morgan fingerprint density at radius 1 is 1.09 bits per heavy atom. The quantitative estimate of drug-likeness (QED) is 0.386. The minimum Gasteiger partial charge on any atom is -0.457 e. The zero-order chi connectivity index (χ0) is 23.6. The average molecular weight is 453 g/mol. The number of halogens is 3. The third-order valence-electron chi connectivity index (χ3n) is 4.38. The summed E-state index contributed by atoms with van der Waals surface area (Å²) in [5.74, 6) is 0.438. The van der Waals surface area contributed by atoms with Crippen LogP contribution in [0.3, 0.4) is 0 Å². The van der Waals surface area contributed by atoms with E-state index in [9.17, 15) is 18.0 Å². The van der Waals surface area contributed by atoms with Gasteiger partial charge in [-0.1, -0.05) is 5.46 Å². The van der Waals surface area contributed by atoms with Gasteiger partial charge in [-0.15, -0.1) is 13.2 Å². The normalized spacial score (nSPS) is 11.3. The maximum atomic E-state index is 12.4. The van der Waals surface area contributed by atoms with Crippen molar-refractivity contribution in [3.05, 3.63) is 60.4 Å². The number of carbonyl (C=O) groups is 1. The van der Waals surface area contributed by atoms with Crippen LogP contribution in [0.1, 0.15) is 10.5 Å². The van der Waals surface area contributed by atoms with E-state index < -0.39 is 12.1 Å². The van der Waals surface area contributed by atoms with E-state index in [2.05, 4.69) is 30.3 Å². The number of aromatic amines is 1. The first kappa shape index (κ1) is 22.0. The van der Waals surface area contributed by atoms with Crippen molar-refractivity contribution in [2.75, 3.05) is 12.4 Å². The van der Waals surface area contributed by atoms with Gasteiger partial charge in [-0.2, -0.15) is 0 Å². The van der Waals surface area contributed by atoms with Crippen molar-refractivity contribution < 1.29 is 27.4 Å². The zero-order valence-corrected chi connectivity index (χ0v) is 17.0. The molecule has 0 atom stereocenters. The van der Waals surface area contributed by atoms with Gasteiger partial charge in [0.2, 0.25) is 5.95 Å². The molecule has 2 aromatic carbocycles. The van der Waals surface area contributed by atoms with E-state index in [4.69, 9.17) is 12.6 Å². The Hall–Kier alpha value is -4.22. The highest BCUT2D eigenvalue weighted by atomic mass is 19.4. The van der Waals surface area contributed by atoms with Gasteiger partial charge in [0.1, 0.15) is 30.8 Å². The number of nitrogens with zero attached hydrogens (tertiary/aromatic N) is 2. The van der Waals surface area contributed by atoms with E-state index in [1.807, 2.05) is 0 Å². The standard InChI is InChI=1S/C21H15BF3N5O3/c1-26-19(31)17-10-13(6-7-27-17)32-12-3-4-15-16(9-12)30-20(29-15)28-11-2-5-18(14(22)8-11)33-21(23,24)25/h2-10H,1H3,(H,26,31)(H2,28,29,30). The molecule has 166 valence electrons. The first-order valence-electron chi connectivity index (χ1n) is 9.48. The molecule has 33 heavy (non-hydrogen) atoms. The molecular weight excluding hydrogens is 438 g/mol. The number of ether oxygens (including phenoxy) is 2. The zero-order valence-electron chi connectivity index (χ0n) is 17.0. The second-order valence-electron chi connectivity index (χ2n) is 6.75. The van der Waals surface area contributed by atoms with Crippen molar-refractivity contribution in [2.24, 2.45) is 0 Å². The van der Waals surface area contributed by atoms with E-state index in [1.165, 1.54) is 31.4 Å². The number of hydrogen-bond donors (Lipinski definition) is 3. The van der Waals surface area contributed by atoms with Crippen LogP contribution in [-0.2, 0) is 0 Å². The van der Waals surface area contributed by atoms with Crippen LogP contribution in [-0.4, -0.2) is 42.1 Å². The lowest BCUT2D eigenvalue weighted by molar-refractivity contribution is -0.274. The Morgan fingerprint density at radius 3 is 2.61 bits per heavy atom. The molecule has 0 unspecified atom stereocenters. The Balaban J connectivity index is 1.51. The summed E-state index contributed by atoms with van der Waals surface area (Å²) in [7, 11) is 7.16. The summed E-state index contributed by atoms with van der Waals surface area (Å²) < 4.78 is 46.8. The lowest BCUT2D eigenvalue weighted by Crippen LogP contribution is -2.22. The summed E-state index contributed by atoms with van der Waals surface area (Å²) >= 11 is 0. The van der Waals surface area contributed by atoms with Gasteiger partial charge >= 0.3 is 6.36 Å². The number of imidazole rings is 1. The Labute approximate surface area is 186 Å². The Morgan fingerprint density at radius 2 is 1.88 bits per heavy atom. The summed E-state index contributed by atoms with van der Waals surface area (Å²) in [6.07, 6.45) is -3.37. The molecule has 8 nitrogen and oxygen atoms in total. The second-order valence-corrected chi connectivity index (χ2v) is 6.75. The van der Waals surface area contributed by atoms with Crippen molar-refractivity contribution in [2.45, 2.75) is 6.36 Å². The monoisotopic (exact) mass is 453 g/mol. The number of aromatic nitrogens is 3. The van der Waals surface area contributed by atoms with Crippen LogP contribution in [0, 0.1) is 0 Å². The molecule has 0 fully saturated rings. The van der Waals surface area contributed by atoms with Crippen molar-refractivity contribution in [3.8, 4) is 17.2 Å². The highest BCUT2D eigenvalue weighted by Crippen LogP contribution is 2.27. The molecule has 0 aliphatic heterocycles. The van der Waals surface area contributed by atoms with Gasteiger partial charge in [0.05, 0.1) is 11.0 Å². The Kier molecular flexibility index (Phi) is 5.82. The molecule has 0 spiro atoms. The molecule has 4 rings (SSSR count). The van der Waals surface area contributed by atoms with Gasteiger partial charge in [0.25, 0.3) is 5.91 Å². The first-order chi connectivity index (χ1) is 15.7. The molecule has 2 radical (unpaired) electrons. The van der Waals surface area contributed by atoms with Crippen LogP contribution in [0.4, 0.5) is 24.8 Å². The molecule has 3 N–H and O–H groups in total. The van der Waals surface area contributed by atoms with Crippen LogP contribution >= 0.6 is 0 Å². The number of pyridine rings is 1. The molecule has 4 aromatic rings. The number of hydrogen-bond acceptors (Lipinski definition) is 6. The molecule has 0 saturated heterocycles. The summed E-state index contributed by atoms with van der Waals surface area (Å²) in [4.78, 5) is 23.1. The van der Waals surface area contributed by atoms with E-state index in [-0.39, 0.29) is 17.1 Å². The molecule has 2 aromatic heterocycles. The number of carbonyl (C=O) groups excluding carboxylic acids is 1. The number of rotatable bonds is 6. The number of fused-ring (bicyclic) bond motifs is 1. The number of nitrogens with one attached hydrogen (secondary N) is 3. The second kappa shape index (κ2) is 8.73. The summed E-state index contributed by atoms with van der Waals surface area (Å²) in [5.41, 5.74) is 1.71. The number of H-pyrrole nitrogens is 1. The predicted molar refractivity (Wildman–Crippen MR) is 116 cm³/mol. The fraction of sp³-hybridized carbons (Fsp3) is 0.0952. The van der Waals surface area contributed by atoms with E-state index in [0.717, 1.165) is 6.07 Å². The molecule has 0 aliphatic rings. The minimum atomic E-state index is -4.83. The fourth-order valence-electron chi connectivity index (χ4n) is 2.95.